The predicted molar refractivity (Wildman–Crippen MR) is 95.8 cm³/mol. The molecule has 0 fully saturated rings. The summed E-state index contributed by atoms with van der Waals surface area (Å²) in [5.41, 5.74) is 2.16. The van der Waals surface area contributed by atoms with Gasteiger partial charge in [0.25, 0.3) is 5.91 Å². The molecule has 4 rings (SSSR count). The number of para-hydroxylation sites is 1. The molecule has 0 aliphatic carbocycles. The number of carbonyl (C=O) groups excluding carboxylic acids is 1. The van der Waals surface area contributed by atoms with E-state index in [1.165, 1.54) is 0 Å². The van der Waals surface area contributed by atoms with Crippen molar-refractivity contribution < 1.29 is 13.6 Å². The molecule has 26 heavy (non-hydrogen) atoms. The first-order valence-electron chi connectivity index (χ1n) is 7.70. The van der Waals surface area contributed by atoms with Crippen molar-refractivity contribution >= 4 is 32.6 Å². The first-order valence-corrected chi connectivity index (χ1v) is 8.52. The Kier molecular flexibility index (Phi) is 3.96. The summed E-state index contributed by atoms with van der Waals surface area (Å²) < 4.78 is 28.7. The van der Waals surface area contributed by atoms with Crippen LogP contribution < -0.4 is 5.32 Å². The molecular weight excluding hydrogens is 358 g/mol. The number of thiazole rings is 1. The number of nitrogens with one attached hydrogen (secondary N) is 1. The normalized spacial score (nSPS) is 11.0. The number of nitrogens with zero attached hydrogens (tertiary/aromatic N) is 3. The third-order valence-electron chi connectivity index (χ3n) is 3.77. The molecule has 0 saturated carbocycles. The number of halogens is 2. The Morgan fingerprint density at radius 3 is 2.62 bits per heavy atom. The number of aromatic nitrogens is 3. The lowest BCUT2D eigenvalue weighted by molar-refractivity contribution is 0.102. The second-order valence-electron chi connectivity index (χ2n) is 5.63. The van der Waals surface area contributed by atoms with Gasteiger partial charge in [0.1, 0.15) is 0 Å². The summed E-state index contributed by atoms with van der Waals surface area (Å²) in [6.07, 6.45) is 0. The first-order chi connectivity index (χ1) is 12.5. The first kappa shape index (κ1) is 16.3. The smallest absolute Gasteiger partial charge is 0.277 e. The highest BCUT2D eigenvalue weighted by Crippen LogP contribution is 2.28. The van der Waals surface area contributed by atoms with Crippen molar-refractivity contribution in [3.63, 3.8) is 0 Å². The van der Waals surface area contributed by atoms with Crippen LogP contribution in [-0.4, -0.2) is 20.7 Å². The quantitative estimate of drug-likeness (QED) is 0.584. The van der Waals surface area contributed by atoms with Gasteiger partial charge in [0.05, 0.1) is 15.9 Å². The van der Waals surface area contributed by atoms with Gasteiger partial charge in [0, 0.05) is 11.8 Å². The van der Waals surface area contributed by atoms with Gasteiger partial charge in [0.15, 0.2) is 22.5 Å². The zero-order valence-electron chi connectivity index (χ0n) is 13.5. The number of fused-ring (bicyclic) bond motifs is 1. The van der Waals surface area contributed by atoms with Gasteiger partial charge in [-0.05, 0) is 31.2 Å². The van der Waals surface area contributed by atoms with E-state index < -0.39 is 17.5 Å². The number of hydrogen-bond acceptors (Lipinski definition) is 4. The maximum absolute atomic E-state index is 13.3. The summed E-state index contributed by atoms with van der Waals surface area (Å²) >= 11 is 1.07. The van der Waals surface area contributed by atoms with E-state index in [2.05, 4.69) is 15.4 Å². The molecule has 8 heteroatoms. The van der Waals surface area contributed by atoms with Gasteiger partial charge in [-0.2, -0.15) is 5.10 Å². The average Bonchev–Trinajstić information content (AvgIpc) is 3.19. The minimum Gasteiger partial charge on any atom is -0.296 e. The fraction of sp³-hybridized carbons (Fsp3) is 0.0556. The number of anilines is 1. The second kappa shape index (κ2) is 6.30. The highest BCUT2D eigenvalue weighted by molar-refractivity contribution is 7.22. The molecule has 0 spiro atoms. The standard InChI is InChI=1S/C18H12F2N4OS/c1-10-7-15(23-24(10)11-5-3-2-4-6-11)17(25)22-18-21-14-8-12(19)13(20)9-16(14)26-18/h2-9H,1H3,(H,21,22,25). The van der Waals surface area contributed by atoms with Crippen LogP contribution in [0.25, 0.3) is 15.9 Å². The van der Waals surface area contributed by atoms with Crippen LogP contribution in [0.5, 0.6) is 0 Å². The van der Waals surface area contributed by atoms with E-state index in [-0.39, 0.29) is 16.3 Å². The van der Waals surface area contributed by atoms with Gasteiger partial charge in [-0.25, -0.2) is 18.4 Å². The minimum absolute atomic E-state index is 0.225. The van der Waals surface area contributed by atoms with E-state index in [4.69, 9.17) is 0 Å². The van der Waals surface area contributed by atoms with Crippen LogP contribution in [0.2, 0.25) is 0 Å². The number of benzene rings is 2. The largest absolute Gasteiger partial charge is 0.296 e. The summed E-state index contributed by atoms with van der Waals surface area (Å²) in [5, 5.41) is 7.20. The lowest BCUT2D eigenvalue weighted by Gasteiger charge is -2.02. The zero-order valence-corrected chi connectivity index (χ0v) is 14.3. The fourth-order valence-electron chi connectivity index (χ4n) is 2.55. The third-order valence-corrected chi connectivity index (χ3v) is 4.71. The molecule has 0 radical (unpaired) electrons. The molecule has 0 aliphatic rings. The van der Waals surface area contributed by atoms with Crippen molar-refractivity contribution in [2.75, 3.05) is 5.32 Å². The summed E-state index contributed by atoms with van der Waals surface area (Å²) in [6.45, 7) is 1.85. The summed E-state index contributed by atoms with van der Waals surface area (Å²) in [5.74, 6) is -2.36. The fourth-order valence-corrected chi connectivity index (χ4v) is 3.42. The maximum Gasteiger partial charge on any atom is 0.277 e. The van der Waals surface area contributed by atoms with Gasteiger partial charge in [-0.1, -0.05) is 29.5 Å². The van der Waals surface area contributed by atoms with Gasteiger partial charge in [-0.15, -0.1) is 0 Å². The SMILES string of the molecule is Cc1cc(C(=O)Nc2nc3cc(F)c(F)cc3s2)nn1-c1ccccc1. The van der Waals surface area contributed by atoms with Crippen molar-refractivity contribution in [2.24, 2.45) is 0 Å². The van der Waals surface area contributed by atoms with Gasteiger partial charge in [0.2, 0.25) is 0 Å². The molecule has 0 saturated heterocycles. The molecule has 0 unspecified atom stereocenters. The molecule has 2 aromatic carbocycles. The van der Waals surface area contributed by atoms with E-state index in [0.717, 1.165) is 34.9 Å². The zero-order chi connectivity index (χ0) is 18.3. The van der Waals surface area contributed by atoms with E-state index in [0.29, 0.717) is 4.70 Å². The highest BCUT2D eigenvalue weighted by Gasteiger charge is 2.16. The van der Waals surface area contributed by atoms with Crippen molar-refractivity contribution in [3.8, 4) is 5.69 Å². The lowest BCUT2D eigenvalue weighted by Crippen LogP contribution is -2.13. The van der Waals surface area contributed by atoms with Crippen LogP contribution in [0.15, 0.2) is 48.5 Å². The van der Waals surface area contributed by atoms with Gasteiger partial charge < -0.3 is 0 Å². The average molecular weight is 370 g/mol. The Hall–Kier alpha value is -3.13. The molecule has 130 valence electrons. The Balaban J connectivity index is 1.61. The number of hydrogen-bond donors (Lipinski definition) is 1. The van der Waals surface area contributed by atoms with Crippen LogP contribution in [0, 0.1) is 18.6 Å². The second-order valence-corrected chi connectivity index (χ2v) is 6.66. The van der Waals surface area contributed by atoms with Crippen LogP contribution in [0.3, 0.4) is 0 Å². The van der Waals surface area contributed by atoms with Gasteiger partial charge >= 0.3 is 0 Å². The molecular formula is C18H12F2N4OS. The molecule has 2 heterocycles. The molecule has 2 aromatic heterocycles. The third kappa shape index (κ3) is 2.95. The van der Waals surface area contributed by atoms with E-state index >= 15 is 0 Å². The molecule has 0 atom stereocenters. The van der Waals surface area contributed by atoms with Crippen molar-refractivity contribution in [1.82, 2.24) is 14.8 Å². The Morgan fingerprint density at radius 1 is 1.12 bits per heavy atom. The van der Waals surface area contributed by atoms with Gasteiger partial charge in [-0.3, -0.25) is 10.1 Å². The number of rotatable bonds is 3. The number of amides is 1. The van der Waals surface area contributed by atoms with Crippen molar-refractivity contribution in [1.29, 1.82) is 0 Å². The molecule has 4 aromatic rings. The van der Waals surface area contributed by atoms with E-state index in [1.807, 2.05) is 37.3 Å². The topological polar surface area (TPSA) is 59.8 Å². The monoisotopic (exact) mass is 370 g/mol. The molecule has 1 N–H and O–H groups in total. The predicted octanol–water partition coefficient (Wildman–Crippen LogP) is 4.32. The Morgan fingerprint density at radius 2 is 1.85 bits per heavy atom. The molecule has 0 aliphatic heterocycles. The minimum atomic E-state index is -0.974. The maximum atomic E-state index is 13.3. The van der Waals surface area contributed by atoms with Crippen molar-refractivity contribution in [2.45, 2.75) is 6.92 Å². The van der Waals surface area contributed by atoms with E-state index in [9.17, 15) is 13.6 Å². The molecule has 5 nitrogen and oxygen atoms in total. The summed E-state index contributed by atoms with van der Waals surface area (Å²) in [4.78, 5) is 16.6. The lowest BCUT2D eigenvalue weighted by atomic mass is 10.3. The Labute approximate surface area is 150 Å². The Bertz CT molecular complexity index is 1080. The molecule has 1 amide bonds. The van der Waals surface area contributed by atoms with Crippen LogP contribution >= 0.6 is 11.3 Å². The highest BCUT2D eigenvalue weighted by atomic mass is 32.1. The number of aryl methyl sites for hydroxylation is 1. The number of carbonyl (C=O) groups is 1. The summed E-state index contributed by atoms with van der Waals surface area (Å²) in [7, 11) is 0. The van der Waals surface area contributed by atoms with Crippen LogP contribution in [0.1, 0.15) is 16.2 Å². The van der Waals surface area contributed by atoms with Crippen LogP contribution in [-0.2, 0) is 0 Å². The molecule has 0 bridgehead atoms. The summed E-state index contributed by atoms with van der Waals surface area (Å²) in [6, 6.07) is 13.2. The van der Waals surface area contributed by atoms with E-state index in [1.54, 1.807) is 10.7 Å². The van der Waals surface area contributed by atoms with Crippen LogP contribution in [0.4, 0.5) is 13.9 Å². The van der Waals surface area contributed by atoms with Crippen molar-refractivity contribution in [3.05, 3.63) is 71.6 Å².